The van der Waals surface area contributed by atoms with Gasteiger partial charge in [0.2, 0.25) is 5.91 Å². The molecule has 2 heterocycles. The van der Waals surface area contributed by atoms with Crippen LogP contribution < -0.4 is 20.5 Å². The number of halogens is 1. The molecule has 0 unspecified atom stereocenters. The van der Waals surface area contributed by atoms with Crippen molar-refractivity contribution in [2.45, 2.75) is 12.6 Å². The van der Waals surface area contributed by atoms with Crippen molar-refractivity contribution >= 4 is 28.6 Å². The van der Waals surface area contributed by atoms with Gasteiger partial charge in [0.05, 0.1) is 12.1 Å². The Bertz CT molecular complexity index is 1030. The third kappa shape index (κ3) is 3.25. The molecule has 1 aliphatic heterocycles. The standard InChI is InChI=1S/C18H15ClN2O5/c19-11-5-6-13-16(7-11)26-18(23)21(13)9-17(22)20-8-12-10-24-14-3-1-2-4-15(14)25-12/h1-7,12H,8-10H2,(H,20,22)/t12-/m1/s1. The summed E-state index contributed by atoms with van der Waals surface area (Å²) in [5.74, 6) is 0.396. The molecule has 0 fully saturated rings. The average molecular weight is 375 g/mol. The lowest BCUT2D eigenvalue weighted by Crippen LogP contribution is -2.42. The topological polar surface area (TPSA) is 82.7 Å². The first kappa shape index (κ1) is 16.5. The second kappa shape index (κ2) is 6.76. The number of ether oxygens (including phenoxy) is 2. The second-order valence-corrected chi connectivity index (χ2v) is 6.30. The molecule has 0 aliphatic carbocycles. The molecule has 8 heteroatoms. The van der Waals surface area contributed by atoms with Crippen LogP contribution in [0.15, 0.2) is 51.7 Å². The zero-order chi connectivity index (χ0) is 18.1. The SMILES string of the molecule is O=C(Cn1c(=O)oc2cc(Cl)ccc21)NC[C@@H]1COc2ccccc2O1. The number of fused-ring (bicyclic) bond motifs is 2. The smallest absolute Gasteiger partial charge is 0.420 e. The number of nitrogens with one attached hydrogen (secondary N) is 1. The summed E-state index contributed by atoms with van der Waals surface area (Å²) in [4.78, 5) is 24.2. The van der Waals surface area contributed by atoms with Crippen LogP contribution in [0.2, 0.25) is 5.02 Å². The van der Waals surface area contributed by atoms with E-state index in [0.717, 1.165) is 0 Å². The Hall–Kier alpha value is -2.93. The second-order valence-electron chi connectivity index (χ2n) is 5.87. The molecule has 1 amide bonds. The van der Waals surface area contributed by atoms with Crippen molar-refractivity contribution in [2.24, 2.45) is 0 Å². The summed E-state index contributed by atoms with van der Waals surface area (Å²) in [6, 6.07) is 12.2. The van der Waals surface area contributed by atoms with Crippen molar-refractivity contribution < 1.29 is 18.7 Å². The first-order chi connectivity index (χ1) is 12.6. The van der Waals surface area contributed by atoms with Crippen LogP contribution >= 0.6 is 11.6 Å². The molecule has 1 atom stereocenters. The minimum atomic E-state index is -0.608. The number of nitrogens with zero attached hydrogens (tertiary/aromatic N) is 1. The van der Waals surface area contributed by atoms with E-state index in [0.29, 0.717) is 34.2 Å². The van der Waals surface area contributed by atoms with Gasteiger partial charge in [-0.2, -0.15) is 0 Å². The summed E-state index contributed by atoms with van der Waals surface area (Å²) in [6.45, 7) is 0.450. The maximum Gasteiger partial charge on any atom is 0.420 e. The minimum absolute atomic E-state index is 0.155. The Kier molecular flexibility index (Phi) is 4.30. The van der Waals surface area contributed by atoms with Gasteiger partial charge in [0, 0.05) is 11.1 Å². The van der Waals surface area contributed by atoms with E-state index in [2.05, 4.69) is 5.32 Å². The molecule has 1 N–H and O–H groups in total. The van der Waals surface area contributed by atoms with Crippen LogP contribution in [-0.2, 0) is 11.3 Å². The number of carbonyl (C=O) groups excluding carboxylic acids is 1. The molecule has 1 aromatic heterocycles. The molecule has 7 nitrogen and oxygen atoms in total. The number of hydrogen-bond donors (Lipinski definition) is 1. The summed E-state index contributed by atoms with van der Waals surface area (Å²) in [6.07, 6.45) is -0.300. The van der Waals surface area contributed by atoms with Crippen LogP contribution in [0.4, 0.5) is 0 Å². The third-order valence-electron chi connectivity index (χ3n) is 4.03. The van der Waals surface area contributed by atoms with Crippen LogP contribution in [0.25, 0.3) is 11.1 Å². The quantitative estimate of drug-likeness (QED) is 0.757. The van der Waals surface area contributed by atoms with Gasteiger partial charge < -0.3 is 19.2 Å². The van der Waals surface area contributed by atoms with Gasteiger partial charge in [0.25, 0.3) is 0 Å². The number of benzene rings is 2. The van der Waals surface area contributed by atoms with Crippen LogP contribution in [0, 0.1) is 0 Å². The molecule has 0 spiro atoms. The molecule has 26 heavy (non-hydrogen) atoms. The maximum atomic E-state index is 12.2. The Labute approximate surface area is 153 Å². The van der Waals surface area contributed by atoms with Gasteiger partial charge in [0.15, 0.2) is 17.1 Å². The number of carbonyl (C=O) groups is 1. The molecule has 0 bridgehead atoms. The molecule has 0 radical (unpaired) electrons. The Morgan fingerprint density at radius 3 is 2.88 bits per heavy atom. The number of aromatic nitrogens is 1. The normalized spacial score (nSPS) is 15.8. The van der Waals surface area contributed by atoms with Gasteiger partial charge >= 0.3 is 5.76 Å². The largest absolute Gasteiger partial charge is 0.486 e. The Balaban J connectivity index is 1.39. The van der Waals surface area contributed by atoms with E-state index >= 15 is 0 Å². The monoisotopic (exact) mass is 374 g/mol. The molecule has 0 saturated heterocycles. The van der Waals surface area contributed by atoms with Gasteiger partial charge in [-0.05, 0) is 24.3 Å². The Morgan fingerprint density at radius 2 is 2.04 bits per heavy atom. The molecule has 134 valence electrons. The lowest BCUT2D eigenvalue weighted by Gasteiger charge is -2.26. The highest BCUT2D eigenvalue weighted by molar-refractivity contribution is 6.31. The third-order valence-corrected chi connectivity index (χ3v) is 4.26. The fourth-order valence-electron chi connectivity index (χ4n) is 2.78. The molecular weight excluding hydrogens is 360 g/mol. The number of para-hydroxylation sites is 2. The fraction of sp³-hybridized carbons (Fsp3) is 0.222. The summed E-state index contributed by atoms with van der Waals surface area (Å²) >= 11 is 5.88. The van der Waals surface area contributed by atoms with Crippen LogP contribution in [0.3, 0.4) is 0 Å². The maximum absolute atomic E-state index is 12.2. The first-order valence-electron chi connectivity index (χ1n) is 8.04. The van der Waals surface area contributed by atoms with E-state index in [1.54, 1.807) is 12.1 Å². The van der Waals surface area contributed by atoms with E-state index in [1.807, 2.05) is 24.3 Å². The highest BCUT2D eigenvalue weighted by Gasteiger charge is 2.21. The molecule has 3 aromatic rings. The van der Waals surface area contributed by atoms with Crippen molar-refractivity contribution in [2.75, 3.05) is 13.2 Å². The van der Waals surface area contributed by atoms with Gasteiger partial charge in [0.1, 0.15) is 19.3 Å². The zero-order valence-electron chi connectivity index (χ0n) is 13.6. The summed E-state index contributed by atoms with van der Waals surface area (Å²) < 4.78 is 17.8. The molecule has 1 aliphatic rings. The number of hydrogen-bond acceptors (Lipinski definition) is 5. The Morgan fingerprint density at radius 1 is 1.23 bits per heavy atom. The van der Waals surface area contributed by atoms with Gasteiger partial charge in [-0.1, -0.05) is 23.7 Å². The van der Waals surface area contributed by atoms with Crippen LogP contribution in [0.5, 0.6) is 11.5 Å². The summed E-state index contributed by atoms with van der Waals surface area (Å²) in [7, 11) is 0. The summed E-state index contributed by atoms with van der Waals surface area (Å²) in [5.41, 5.74) is 0.858. The van der Waals surface area contributed by atoms with Gasteiger partial charge in [-0.25, -0.2) is 4.79 Å². The summed E-state index contributed by atoms with van der Waals surface area (Å²) in [5, 5.41) is 3.21. The predicted octanol–water partition coefficient (Wildman–Crippen LogP) is 2.20. The van der Waals surface area contributed by atoms with E-state index < -0.39 is 5.76 Å². The number of amides is 1. The fourth-order valence-corrected chi connectivity index (χ4v) is 2.94. The van der Waals surface area contributed by atoms with Gasteiger partial charge in [-0.3, -0.25) is 9.36 Å². The van der Waals surface area contributed by atoms with E-state index in [4.69, 9.17) is 25.5 Å². The zero-order valence-corrected chi connectivity index (χ0v) is 14.4. The van der Waals surface area contributed by atoms with Crippen molar-refractivity contribution in [1.29, 1.82) is 0 Å². The lowest BCUT2D eigenvalue weighted by atomic mass is 10.2. The minimum Gasteiger partial charge on any atom is -0.486 e. The van der Waals surface area contributed by atoms with Crippen LogP contribution in [0.1, 0.15) is 0 Å². The van der Waals surface area contributed by atoms with E-state index in [-0.39, 0.29) is 25.1 Å². The predicted molar refractivity (Wildman–Crippen MR) is 94.8 cm³/mol. The van der Waals surface area contributed by atoms with Crippen molar-refractivity contribution in [3.63, 3.8) is 0 Å². The first-order valence-corrected chi connectivity index (χ1v) is 8.42. The average Bonchev–Trinajstić information content (AvgIpc) is 2.94. The van der Waals surface area contributed by atoms with E-state index in [1.165, 1.54) is 10.6 Å². The van der Waals surface area contributed by atoms with Crippen molar-refractivity contribution in [3.8, 4) is 11.5 Å². The number of oxazole rings is 1. The highest BCUT2D eigenvalue weighted by atomic mass is 35.5. The lowest BCUT2D eigenvalue weighted by molar-refractivity contribution is -0.122. The van der Waals surface area contributed by atoms with E-state index in [9.17, 15) is 9.59 Å². The molecule has 2 aromatic carbocycles. The van der Waals surface area contributed by atoms with Crippen molar-refractivity contribution in [3.05, 3.63) is 58.0 Å². The molecule has 4 rings (SSSR count). The van der Waals surface area contributed by atoms with Crippen LogP contribution in [-0.4, -0.2) is 29.7 Å². The number of rotatable bonds is 4. The van der Waals surface area contributed by atoms with Gasteiger partial charge in [-0.15, -0.1) is 0 Å². The molecule has 0 saturated carbocycles. The molecular formula is C18H15ClN2O5. The highest BCUT2D eigenvalue weighted by Crippen LogP contribution is 2.30. The van der Waals surface area contributed by atoms with Crippen molar-refractivity contribution in [1.82, 2.24) is 9.88 Å².